The number of carbonyl (C=O) groups is 1. The van der Waals surface area contributed by atoms with Crippen LogP contribution in [-0.2, 0) is 16.1 Å². The van der Waals surface area contributed by atoms with Gasteiger partial charge in [-0.3, -0.25) is 0 Å². The maximum Gasteiger partial charge on any atom is 0.338 e. The van der Waals surface area contributed by atoms with Crippen molar-refractivity contribution < 1.29 is 19.0 Å². The van der Waals surface area contributed by atoms with Gasteiger partial charge in [-0.05, 0) is 60.0 Å². The summed E-state index contributed by atoms with van der Waals surface area (Å²) in [4.78, 5) is 17.8. The topological polar surface area (TPSA) is 87.5 Å². The van der Waals surface area contributed by atoms with Crippen molar-refractivity contribution in [3.63, 3.8) is 0 Å². The molecular formula is C27H30BrClN4O4S. The van der Waals surface area contributed by atoms with Crippen LogP contribution in [-0.4, -0.2) is 40.2 Å². The molecule has 1 aliphatic heterocycles. The lowest BCUT2D eigenvalue weighted by Gasteiger charge is -2.28. The first-order chi connectivity index (χ1) is 18.4. The summed E-state index contributed by atoms with van der Waals surface area (Å²) in [7, 11) is 1.58. The number of anilines is 1. The van der Waals surface area contributed by atoms with Crippen LogP contribution in [0, 0.1) is 0 Å². The molecule has 2 aromatic carbocycles. The van der Waals surface area contributed by atoms with Crippen molar-refractivity contribution in [2.75, 3.05) is 24.8 Å². The van der Waals surface area contributed by atoms with Crippen LogP contribution in [0.1, 0.15) is 50.8 Å². The third kappa shape index (κ3) is 6.13. The van der Waals surface area contributed by atoms with Gasteiger partial charge in [0.25, 0.3) is 0 Å². The molecule has 0 spiro atoms. The van der Waals surface area contributed by atoms with E-state index in [2.05, 4.69) is 33.2 Å². The van der Waals surface area contributed by atoms with E-state index in [1.54, 1.807) is 30.5 Å². The van der Waals surface area contributed by atoms with Gasteiger partial charge >= 0.3 is 5.97 Å². The molecule has 38 heavy (non-hydrogen) atoms. The zero-order valence-electron chi connectivity index (χ0n) is 21.7. The Morgan fingerprint density at radius 1 is 1.26 bits per heavy atom. The van der Waals surface area contributed by atoms with Crippen LogP contribution < -0.4 is 14.8 Å². The molecule has 0 fully saturated rings. The zero-order valence-corrected chi connectivity index (χ0v) is 24.9. The summed E-state index contributed by atoms with van der Waals surface area (Å²) in [5, 5.41) is 9.27. The zero-order chi connectivity index (χ0) is 27.2. The molecule has 4 rings (SSSR count). The van der Waals surface area contributed by atoms with Crippen molar-refractivity contribution in [2.24, 2.45) is 0 Å². The summed E-state index contributed by atoms with van der Waals surface area (Å²) < 4.78 is 19.7. The van der Waals surface area contributed by atoms with Crippen LogP contribution in [0.4, 0.5) is 5.95 Å². The van der Waals surface area contributed by atoms with E-state index in [1.807, 2.05) is 43.3 Å². The molecule has 202 valence electrons. The summed E-state index contributed by atoms with van der Waals surface area (Å²) in [6.45, 7) is 6.30. The number of hydrogen-bond acceptors (Lipinski definition) is 8. The van der Waals surface area contributed by atoms with Crippen LogP contribution in [0.15, 0.2) is 57.3 Å². The van der Waals surface area contributed by atoms with Crippen LogP contribution in [0.3, 0.4) is 0 Å². The first-order valence-corrected chi connectivity index (χ1v) is 14.5. The van der Waals surface area contributed by atoms with Crippen LogP contribution in [0.2, 0.25) is 5.02 Å². The normalized spacial score (nSPS) is 14.6. The number of allylic oxidation sites excluding steroid dienone is 1. The molecule has 8 nitrogen and oxygen atoms in total. The number of thioether (sulfide) groups is 1. The molecule has 0 bridgehead atoms. The molecule has 0 saturated carbocycles. The first-order valence-electron chi connectivity index (χ1n) is 12.4. The van der Waals surface area contributed by atoms with E-state index < -0.39 is 12.0 Å². The monoisotopic (exact) mass is 620 g/mol. The molecule has 1 atom stereocenters. The largest absolute Gasteiger partial charge is 0.493 e. The van der Waals surface area contributed by atoms with Crippen molar-refractivity contribution in [3.8, 4) is 11.5 Å². The average Bonchev–Trinajstić information content (AvgIpc) is 3.30. The number of esters is 1. The quantitative estimate of drug-likeness (QED) is 0.139. The lowest BCUT2D eigenvalue weighted by Crippen LogP contribution is -2.29. The van der Waals surface area contributed by atoms with Crippen molar-refractivity contribution in [3.05, 3.63) is 68.3 Å². The number of nitrogens with one attached hydrogen (secondary N) is 1. The summed E-state index contributed by atoms with van der Waals surface area (Å²) >= 11 is 11.6. The highest BCUT2D eigenvalue weighted by Crippen LogP contribution is 2.43. The third-order valence-corrected chi connectivity index (χ3v) is 7.84. The molecule has 0 radical (unpaired) electrons. The van der Waals surface area contributed by atoms with Gasteiger partial charge in [-0.2, -0.15) is 4.98 Å². The predicted molar refractivity (Wildman–Crippen MR) is 153 cm³/mol. The fourth-order valence-corrected chi connectivity index (χ4v) is 5.76. The lowest BCUT2D eigenvalue weighted by molar-refractivity contribution is -0.139. The van der Waals surface area contributed by atoms with Crippen LogP contribution >= 0.6 is 39.3 Å². The Bertz CT molecular complexity index is 1350. The van der Waals surface area contributed by atoms with Gasteiger partial charge < -0.3 is 19.5 Å². The Hall–Kier alpha value is -2.69. The van der Waals surface area contributed by atoms with Gasteiger partial charge in [-0.25, -0.2) is 9.48 Å². The Kier molecular flexibility index (Phi) is 9.62. The second-order valence-corrected chi connectivity index (χ2v) is 10.9. The second-order valence-electron chi connectivity index (χ2n) is 8.57. The average molecular weight is 622 g/mol. The third-order valence-electron chi connectivity index (χ3n) is 5.95. The van der Waals surface area contributed by atoms with Gasteiger partial charge in [-0.1, -0.05) is 54.9 Å². The number of benzene rings is 2. The highest BCUT2D eigenvalue weighted by molar-refractivity contribution is 9.10. The van der Waals surface area contributed by atoms with Gasteiger partial charge in [0.05, 0.1) is 23.8 Å². The highest BCUT2D eigenvalue weighted by Gasteiger charge is 2.36. The van der Waals surface area contributed by atoms with Gasteiger partial charge in [0.15, 0.2) is 11.5 Å². The number of methoxy groups -OCH3 is 1. The van der Waals surface area contributed by atoms with Crippen molar-refractivity contribution >= 4 is 51.2 Å². The summed E-state index contributed by atoms with van der Waals surface area (Å²) in [5.41, 5.74) is 2.73. The van der Waals surface area contributed by atoms with Crippen molar-refractivity contribution in [2.45, 2.75) is 51.4 Å². The molecule has 2 heterocycles. The highest BCUT2D eigenvalue weighted by atomic mass is 79.9. The molecule has 11 heteroatoms. The predicted octanol–water partition coefficient (Wildman–Crippen LogP) is 7.03. The maximum atomic E-state index is 13.2. The number of fused-ring (bicyclic) bond motifs is 1. The molecule has 0 amide bonds. The molecular weight excluding hydrogens is 592 g/mol. The fraction of sp³-hybridized carbons (Fsp3) is 0.370. The van der Waals surface area contributed by atoms with Gasteiger partial charge in [-0.15, -0.1) is 5.10 Å². The van der Waals surface area contributed by atoms with Crippen LogP contribution in [0.25, 0.3) is 0 Å². The minimum Gasteiger partial charge on any atom is -0.493 e. The molecule has 0 aliphatic carbocycles. The van der Waals surface area contributed by atoms with E-state index in [9.17, 15) is 4.79 Å². The van der Waals surface area contributed by atoms with Crippen LogP contribution in [0.5, 0.6) is 11.5 Å². The van der Waals surface area contributed by atoms with E-state index in [0.29, 0.717) is 43.4 Å². The second kappa shape index (κ2) is 12.9. The standard InChI is InChI=1S/C27H30BrClN4O4S/c1-5-7-12-38-27-31-26-30-16(3)22(25(34)36-6-2)23(33(26)32-27)18-13-19(28)24(21(14-18)35-4)37-15-17-10-8-9-11-20(17)29/h8-11,13-14,23H,5-7,12,15H2,1-4H3,(H,30,31,32). The van der Waals surface area contributed by atoms with Gasteiger partial charge in [0.1, 0.15) is 12.6 Å². The number of hydrogen-bond donors (Lipinski definition) is 1. The molecule has 1 aliphatic rings. The minimum atomic E-state index is -0.582. The number of aromatic nitrogens is 3. The van der Waals surface area contributed by atoms with Gasteiger partial charge in [0, 0.05) is 22.0 Å². The molecule has 1 unspecified atom stereocenters. The first kappa shape index (κ1) is 28.3. The maximum absolute atomic E-state index is 13.2. The van der Waals surface area contributed by atoms with E-state index >= 15 is 0 Å². The Morgan fingerprint density at radius 3 is 2.76 bits per heavy atom. The molecule has 1 N–H and O–H groups in total. The Morgan fingerprint density at radius 2 is 2.05 bits per heavy atom. The fourth-order valence-electron chi connectivity index (χ4n) is 4.08. The smallest absolute Gasteiger partial charge is 0.338 e. The van der Waals surface area contributed by atoms with Crippen molar-refractivity contribution in [1.82, 2.24) is 14.8 Å². The molecule has 0 saturated heterocycles. The van der Waals surface area contributed by atoms with E-state index in [1.165, 1.54) is 0 Å². The number of nitrogens with zero attached hydrogens (tertiary/aromatic N) is 3. The molecule has 3 aromatic rings. The number of ether oxygens (including phenoxy) is 3. The van der Waals surface area contributed by atoms with Gasteiger partial charge in [0.2, 0.25) is 11.1 Å². The van der Waals surface area contributed by atoms with E-state index in [4.69, 9.17) is 30.9 Å². The summed E-state index contributed by atoms with van der Waals surface area (Å²) in [6.07, 6.45) is 2.16. The van der Waals surface area contributed by atoms with E-state index in [-0.39, 0.29) is 13.2 Å². The SMILES string of the molecule is CCCCSc1nc2n(n1)C(c1cc(Br)c(OCc3ccccc3Cl)c(OC)c1)C(C(=O)OCC)=C(C)N2. The van der Waals surface area contributed by atoms with Crippen molar-refractivity contribution in [1.29, 1.82) is 0 Å². The van der Waals surface area contributed by atoms with E-state index in [0.717, 1.165) is 29.7 Å². The summed E-state index contributed by atoms with van der Waals surface area (Å²) in [5.74, 6) is 2.09. The minimum absolute atomic E-state index is 0.256. The number of unbranched alkanes of at least 4 members (excludes halogenated alkanes) is 1. The molecule has 1 aromatic heterocycles. The number of carbonyl (C=O) groups excluding carboxylic acids is 1. The summed E-state index contributed by atoms with van der Waals surface area (Å²) in [6, 6.07) is 10.7. The Balaban J connectivity index is 1.74. The number of halogens is 2. The number of rotatable bonds is 11. The lowest BCUT2D eigenvalue weighted by atomic mass is 9.95. The Labute approximate surface area is 240 Å².